The van der Waals surface area contributed by atoms with Crippen LogP contribution < -0.4 is 0 Å². The fraction of sp³-hybridized carbons (Fsp3) is 0.556. The topological polar surface area (TPSA) is 20.2 Å². The Kier molecular flexibility index (Phi) is 4.38. The summed E-state index contributed by atoms with van der Waals surface area (Å²) < 4.78 is 0. The Morgan fingerprint density at radius 3 is 2.27 bits per heavy atom. The van der Waals surface area contributed by atoms with Crippen LogP contribution in [0.1, 0.15) is 0 Å². The van der Waals surface area contributed by atoms with E-state index in [4.69, 9.17) is 5.11 Å². The van der Waals surface area contributed by atoms with Gasteiger partial charge in [0, 0.05) is 5.92 Å². The van der Waals surface area contributed by atoms with Crippen LogP contribution in [0.2, 0.25) is 19.6 Å². The Bertz CT molecular complexity index is 144. The molecule has 1 N–H and O–H groups in total. The van der Waals surface area contributed by atoms with Gasteiger partial charge in [0.2, 0.25) is 0 Å². The lowest BCUT2D eigenvalue weighted by Gasteiger charge is -2.10. The Hall–Kier alpha value is -0.343. The van der Waals surface area contributed by atoms with Gasteiger partial charge < -0.3 is 5.11 Å². The molecule has 0 spiro atoms. The molecule has 0 heterocycles. The fourth-order valence-corrected chi connectivity index (χ4v) is 1.45. The highest BCUT2D eigenvalue weighted by molar-refractivity contribution is 6.80. The maximum atomic E-state index is 8.82. The van der Waals surface area contributed by atoms with Crippen LogP contribution in [-0.4, -0.2) is 19.8 Å². The van der Waals surface area contributed by atoms with E-state index in [9.17, 15) is 0 Å². The highest BCUT2D eigenvalue weighted by Crippen LogP contribution is 2.06. The lowest BCUT2D eigenvalue weighted by molar-refractivity contribution is 0.274. The van der Waals surface area contributed by atoms with E-state index >= 15 is 0 Å². The largest absolute Gasteiger partial charge is 0.395 e. The average Bonchev–Trinajstić information content (AvgIpc) is 1.88. The van der Waals surface area contributed by atoms with E-state index in [0.717, 1.165) is 0 Å². The zero-order valence-electron chi connectivity index (χ0n) is 7.67. The van der Waals surface area contributed by atoms with Crippen molar-refractivity contribution >= 4 is 8.07 Å². The summed E-state index contributed by atoms with van der Waals surface area (Å²) in [5.41, 5.74) is 2.23. The predicted octanol–water partition coefficient (Wildman–Crippen LogP) is 2.21. The van der Waals surface area contributed by atoms with Gasteiger partial charge in [0.1, 0.15) is 0 Å². The summed E-state index contributed by atoms with van der Waals surface area (Å²) >= 11 is 0. The van der Waals surface area contributed by atoms with E-state index in [1.165, 1.54) is 0 Å². The normalized spacial score (nSPS) is 15.3. The van der Waals surface area contributed by atoms with E-state index < -0.39 is 8.07 Å². The second kappa shape index (κ2) is 4.52. The Labute approximate surface area is 70.5 Å². The third kappa shape index (κ3) is 6.07. The number of rotatable bonds is 4. The average molecular weight is 170 g/mol. The van der Waals surface area contributed by atoms with Crippen LogP contribution in [0, 0.1) is 5.92 Å². The monoisotopic (exact) mass is 170 g/mol. The second-order valence-electron chi connectivity index (χ2n) is 3.81. The molecule has 0 aromatic rings. The van der Waals surface area contributed by atoms with E-state index in [2.05, 4.69) is 38.0 Å². The van der Waals surface area contributed by atoms with Gasteiger partial charge in [-0.3, -0.25) is 0 Å². The molecule has 0 rings (SSSR count). The van der Waals surface area contributed by atoms with Crippen LogP contribution in [-0.2, 0) is 0 Å². The quantitative estimate of drug-likeness (QED) is 0.506. The van der Waals surface area contributed by atoms with Gasteiger partial charge in [-0.05, 0) is 0 Å². The van der Waals surface area contributed by atoms with Crippen LogP contribution in [0.25, 0.3) is 0 Å². The zero-order chi connectivity index (χ0) is 8.91. The first kappa shape index (κ1) is 10.7. The summed E-state index contributed by atoms with van der Waals surface area (Å²) in [6.07, 6.45) is 3.83. The van der Waals surface area contributed by atoms with Crippen molar-refractivity contribution in [3.05, 3.63) is 24.4 Å². The molecule has 0 aliphatic heterocycles. The summed E-state index contributed by atoms with van der Waals surface area (Å²) in [5.74, 6) is 0.140. The van der Waals surface area contributed by atoms with Crippen LogP contribution in [0.3, 0.4) is 0 Å². The van der Waals surface area contributed by atoms with Crippen molar-refractivity contribution in [2.45, 2.75) is 19.6 Å². The summed E-state index contributed by atoms with van der Waals surface area (Å²) in [6, 6.07) is 0. The van der Waals surface area contributed by atoms with Gasteiger partial charge in [0.25, 0.3) is 0 Å². The molecule has 0 bridgehead atoms. The van der Waals surface area contributed by atoms with Crippen molar-refractivity contribution in [2.24, 2.45) is 5.92 Å². The minimum Gasteiger partial charge on any atom is -0.395 e. The number of hydrogen-bond donors (Lipinski definition) is 1. The Balaban J connectivity index is 3.99. The third-order valence-corrected chi connectivity index (χ3v) is 2.55. The van der Waals surface area contributed by atoms with Gasteiger partial charge in [-0.25, -0.2) is 0 Å². The van der Waals surface area contributed by atoms with E-state index in [-0.39, 0.29) is 12.5 Å². The fourth-order valence-electron chi connectivity index (χ4n) is 0.626. The number of aliphatic hydroxyl groups is 1. The summed E-state index contributed by atoms with van der Waals surface area (Å²) in [5, 5.41) is 8.82. The molecule has 0 amide bonds. The van der Waals surface area contributed by atoms with Crippen molar-refractivity contribution in [2.75, 3.05) is 6.61 Å². The van der Waals surface area contributed by atoms with Crippen LogP contribution in [0.4, 0.5) is 0 Å². The molecular formula is C9H18OSi. The second-order valence-corrected chi connectivity index (χ2v) is 8.87. The Morgan fingerprint density at radius 2 is 2.00 bits per heavy atom. The van der Waals surface area contributed by atoms with Crippen LogP contribution in [0.5, 0.6) is 0 Å². The molecule has 1 atom stereocenters. The smallest absolute Gasteiger partial charge is 0.0683 e. The van der Waals surface area contributed by atoms with Gasteiger partial charge >= 0.3 is 0 Å². The number of hydrogen-bond acceptors (Lipinski definition) is 1. The minimum absolute atomic E-state index is 0.140. The van der Waals surface area contributed by atoms with E-state index in [1.807, 2.05) is 0 Å². The molecular weight excluding hydrogens is 152 g/mol. The van der Waals surface area contributed by atoms with Gasteiger partial charge in [-0.1, -0.05) is 37.5 Å². The third-order valence-electron chi connectivity index (χ3n) is 1.36. The molecule has 0 radical (unpaired) electrons. The summed E-state index contributed by atoms with van der Waals surface area (Å²) in [4.78, 5) is 0. The summed E-state index contributed by atoms with van der Waals surface area (Å²) in [7, 11) is -1.09. The highest BCUT2D eigenvalue weighted by Gasteiger charge is 2.07. The van der Waals surface area contributed by atoms with Crippen molar-refractivity contribution in [3.8, 4) is 0 Å². The van der Waals surface area contributed by atoms with Crippen LogP contribution in [0.15, 0.2) is 24.4 Å². The first-order chi connectivity index (χ1) is 4.99. The molecule has 0 aromatic heterocycles. The van der Waals surface area contributed by atoms with Gasteiger partial charge in [0.15, 0.2) is 0 Å². The maximum absolute atomic E-state index is 8.82. The summed E-state index contributed by atoms with van der Waals surface area (Å²) in [6.45, 7) is 10.6. The molecule has 0 aliphatic rings. The molecule has 11 heavy (non-hydrogen) atoms. The molecule has 0 saturated carbocycles. The minimum atomic E-state index is -1.09. The molecule has 0 aromatic carbocycles. The first-order valence-electron chi connectivity index (χ1n) is 3.92. The first-order valence-corrected chi connectivity index (χ1v) is 7.50. The number of aliphatic hydroxyl groups excluding tert-OH is 1. The van der Waals surface area contributed by atoms with Crippen LogP contribution >= 0.6 is 0 Å². The van der Waals surface area contributed by atoms with E-state index in [1.54, 1.807) is 6.08 Å². The van der Waals surface area contributed by atoms with Crippen molar-refractivity contribution in [1.29, 1.82) is 0 Å². The molecule has 1 nitrogen and oxygen atoms in total. The standard InChI is InChI=1S/C9H18OSi/c1-5-9(8-10)6-7-11(2,3)4/h5-7,9-10H,1,8H2,2-4H3/b7-6+. The Morgan fingerprint density at radius 1 is 1.45 bits per heavy atom. The van der Waals surface area contributed by atoms with Gasteiger partial charge in [-0.2, -0.15) is 0 Å². The SMILES string of the molecule is C=CC(/C=C/[Si](C)(C)C)CO. The van der Waals surface area contributed by atoms with Crippen molar-refractivity contribution in [1.82, 2.24) is 0 Å². The maximum Gasteiger partial charge on any atom is 0.0683 e. The van der Waals surface area contributed by atoms with Crippen molar-refractivity contribution < 1.29 is 5.11 Å². The molecule has 0 aliphatic carbocycles. The highest BCUT2D eigenvalue weighted by atomic mass is 28.3. The van der Waals surface area contributed by atoms with E-state index in [0.29, 0.717) is 0 Å². The lowest BCUT2D eigenvalue weighted by Crippen LogP contribution is -2.16. The van der Waals surface area contributed by atoms with Crippen molar-refractivity contribution in [3.63, 3.8) is 0 Å². The van der Waals surface area contributed by atoms with Gasteiger partial charge in [0.05, 0.1) is 14.7 Å². The predicted molar refractivity (Wildman–Crippen MR) is 53.3 cm³/mol. The molecule has 2 heteroatoms. The molecule has 0 fully saturated rings. The zero-order valence-corrected chi connectivity index (χ0v) is 8.67. The van der Waals surface area contributed by atoms with Gasteiger partial charge in [-0.15, -0.1) is 6.58 Å². The molecule has 0 saturated heterocycles. The molecule has 1 unspecified atom stereocenters. The molecule has 64 valence electrons. The lowest BCUT2D eigenvalue weighted by atomic mass is 10.2.